The van der Waals surface area contributed by atoms with Crippen LogP contribution in [0.4, 0.5) is 0 Å². The van der Waals surface area contributed by atoms with Crippen molar-refractivity contribution in [2.45, 2.75) is 6.54 Å². The molecule has 1 N–H and O–H groups in total. The van der Waals surface area contributed by atoms with E-state index in [2.05, 4.69) is 15.2 Å². The fourth-order valence-electron chi connectivity index (χ4n) is 1.41. The molecule has 0 radical (unpaired) electrons. The topological polar surface area (TPSA) is 73.2 Å². The van der Waals surface area contributed by atoms with E-state index in [1.54, 1.807) is 0 Å². The summed E-state index contributed by atoms with van der Waals surface area (Å²) in [6, 6.07) is 0. The van der Waals surface area contributed by atoms with Crippen molar-refractivity contribution < 1.29 is 14.3 Å². The first-order valence-corrected chi connectivity index (χ1v) is 4.16. The third kappa shape index (κ3) is 1.15. The minimum Gasteiger partial charge on any atom is -0.465 e. The third-order valence-corrected chi connectivity index (χ3v) is 2.07. The van der Waals surface area contributed by atoms with E-state index in [9.17, 15) is 9.59 Å². The number of nitrogens with one attached hydrogen (secondary N) is 1. The number of ether oxygens (including phenoxy) is 1. The lowest BCUT2D eigenvalue weighted by Gasteiger charge is -2.14. The summed E-state index contributed by atoms with van der Waals surface area (Å²) < 4.78 is 6.04. The lowest BCUT2D eigenvalue weighted by atomic mass is 10.2. The molecule has 0 saturated carbocycles. The number of carbonyl (C=O) groups excluding carboxylic acids is 2. The van der Waals surface area contributed by atoms with Crippen LogP contribution in [0.15, 0.2) is 6.20 Å². The van der Waals surface area contributed by atoms with Gasteiger partial charge in [-0.1, -0.05) is 0 Å². The largest absolute Gasteiger partial charge is 0.465 e. The highest BCUT2D eigenvalue weighted by Crippen LogP contribution is 2.12. The van der Waals surface area contributed by atoms with Gasteiger partial charge in [0.25, 0.3) is 5.91 Å². The number of rotatable bonds is 1. The van der Waals surface area contributed by atoms with Crippen LogP contribution in [0, 0.1) is 0 Å². The molecular weight excluding hydrogens is 186 g/mol. The Morgan fingerprint density at radius 3 is 3.21 bits per heavy atom. The molecule has 1 amide bonds. The van der Waals surface area contributed by atoms with Crippen molar-refractivity contribution in [1.82, 2.24) is 15.1 Å². The minimum absolute atomic E-state index is 0.213. The lowest BCUT2D eigenvalue weighted by molar-refractivity contribution is 0.0595. The monoisotopic (exact) mass is 195 g/mol. The van der Waals surface area contributed by atoms with Crippen LogP contribution in [0.1, 0.15) is 20.8 Å². The summed E-state index contributed by atoms with van der Waals surface area (Å²) in [6.45, 7) is 1.12. The molecule has 1 aromatic heterocycles. The fourth-order valence-corrected chi connectivity index (χ4v) is 1.41. The summed E-state index contributed by atoms with van der Waals surface area (Å²) >= 11 is 0. The molecule has 6 nitrogen and oxygen atoms in total. The van der Waals surface area contributed by atoms with Crippen LogP contribution in [-0.4, -0.2) is 35.3 Å². The maximum absolute atomic E-state index is 11.4. The average molecular weight is 195 g/mol. The first kappa shape index (κ1) is 8.74. The predicted octanol–water partition coefficient (Wildman–Crippen LogP) is -0.587. The number of amides is 1. The maximum Gasteiger partial charge on any atom is 0.341 e. The first-order chi connectivity index (χ1) is 6.74. The normalized spacial score (nSPS) is 14.5. The van der Waals surface area contributed by atoms with Crippen molar-refractivity contribution in [1.29, 1.82) is 0 Å². The molecule has 0 aromatic carbocycles. The van der Waals surface area contributed by atoms with Crippen LogP contribution in [0.5, 0.6) is 0 Å². The molecule has 6 heteroatoms. The first-order valence-electron chi connectivity index (χ1n) is 4.16. The Balaban J connectivity index is 2.48. The Bertz CT molecular complexity index is 397. The van der Waals surface area contributed by atoms with Gasteiger partial charge in [0.05, 0.1) is 19.9 Å². The number of aromatic nitrogens is 2. The van der Waals surface area contributed by atoms with Crippen LogP contribution in [0.3, 0.4) is 0 Å². The van der Waals surface area contributed by atoms with Gasteiger partial charge in [0.2, 0.25) is 0 Å². The highest BCUT2D eigenvalue weighted by Gasteiger charge is 2.26. The molecule has 1 aliphatic heterocycles. The van der Waals surface area contributed by atoms with Gasteiger partial charge >= 0.3 is 5.97 Å². The summed E-state index contributed by atoms with van der Waals surface area (Å²) in [4.78, 5) is 22.6. The van der Waals surface area contributed by atoms with Gasteiger partial charge in [-0.3, -0.25) is 9.48 Å². The zero-order valence-corrected chi connectivity index (χ0v) is 7.61. The van der Waals surface area contributed by atoms with Gasteiger partial charge in [-0.05, 0) is 0 Å². The van der Waals surface area contributed by atoms with E-state index in [4.69, 9.17) is 0 Å². The molecule has 1 aliphatic rings. The maximum atomic E-state index is 11.4. The highest BCUT2D eigenvalue weighted by atomic mass is 16.5. The van der Waals surface area contributed by atoms with E-state index in [1.165, 1.54) is 18.0 Å². The predicted molar refractivity (Wildman–Crippen MR) is 45.9 cm³/mol. The van der Waals surface area contributed by atoms with Gasteiger partial charge in [-0.25, -0.2) is 4.79 Å². The summed E-state index contributed by atoms with van der Waals surface area (Å²) in [5, 5.41) is 6.57. The van der Waals surface area contributed by atoms with E-state index in [-0.39, 0.29) is 17.2 Å². The summed E-state index contributed by atoms with van der Waals surface area (Å²) in [6.07, 6.45) is 1.35. The molecule has 1 aromatic rings. The standard InChI is InChI=1S/C8H9N3O3/c1-14-8(13)5-4-10-11-3-2-9-7(12)6(5)11/h4H,2-3H2,1H3,(H,9,12). The van der Waals surface area contributed by atoms with Crippen LogP contribution in [0.25, 0.3) is 0 Å². The second-order valence-electron chi connectivity index (χ2n) is 2.88. The van der Waals surface area contributed by atoms with E-state index in [1.807, 2.05) is 0 Å². The molecule has 0 saturated heterocycles. The molecule has 2 heterocycles. The number of hydrogen-bond acceptors (Lipinski definition) is 4. The number of hydrogen-bond donors (Lipinski definition) is 1. The van der Waals surface area contributed by atoms with Gasteiger partial charge in [0.15, 0.2) is 0 Å². The van der Waals surface area contributed by atoms with Gasteiger partial charge < -0.3 is 10.1 Å². The number of esters is 1. The van der Waals surface area contributed by atoms with Crippen LogP contribution < -0.4 is 5.32 Å². The molecule has 0 unspecified atom stereocenters. The van der Waals surface area contributed by atoms with Crippen LogP contribution in [-0.2, 0) is 11.3 Å². The summed E-state index contributed by atoms with van der Waals surface area (Å²) in [5.74, 6) is -0.822. The zero-order valence-electron chi connectivity index (χ0n) is 7.61. The molecule has 0 aliphatic carbocycles. The fraction of sp³-hybridized carbons (Fsp3) is 0.375. The van der Waals surface area contributed by atoms with Gasteiger partial charge in [0.1, 0.15) is 11.3 Å². The Labute approximate surface area is 79.8 Å². The van der Waals surface area contributed by atoms with Crippen LogP contribution in [0.2, 0.25) is 0 Å². The van der Waals surface area contributed by atoms with Crippen molar-refractivity contribution in [3.8, 4) is 0 Å². The van der Waals surface area contributed by atoms with Crippen molar-refractivity contribution in [3.05, 3.63) is 17.5 Å². The van der Waals surface area contributed by atoms with Crippen molar-refractivity contribution in [2.75, 3.05) is 13.7 Å². The minimum atomic E-state index is -0.539. The van der Waals surface area contributed by atoms with Gasteiger partial charge in [-0.15, -0.1) is 0 Å². The van der Waals surface area contributed by atoms with Crippen molar-refractivity contribution in [3.63, 3.8) is 0 Å². The summed E-state index contributed by atoms with van der Waals surface area (Å²) in [5.41, 5.74) is 0.493. The number of nitrogens with zero attached hydrogens (tertiary/aromatic N) is 2. The molecule has 0 bridgehead atoms. The molecule has 74 valence electrons. The van der Waals surface area contributed by atoms with E-state index >= 15 is 0 Å². The molecule has 2 rings (SSSR count). The smallest absolute Gasteiger partial charge is 0.341 e. The molecule has 14 heavy (non-hydrogen) atoms. The number of methoxy groups -OCH3 is 1. The molecule has 0 spiro atoms. The Hall–Kier alpha value is -1.85. The lowest BCUT2D eigenvalue weighted by Crippen LogP contribution is -2.36. The van der Waals surface area contributed by atoms with Crippen molar-refractivity contribution >= 4 is 11.9 Å². The molecular formula is C8H9N3O3. The van der Waals surface area contributed by atoms with Gasteiger partial charge in [-0.2, -0.15) is 5.10 Å². The Morgan fingerprint density at radius 2 is 2.50 bits per heavy atom. The Morgan fingerprint density at radius 1 is 1.71 bits per heavy atom. The zero-order chi connectivity index (χ0) is 10.1. The number of carbonyl (C=O) groups is 2. The van der Waals surface area contributed by atoms with Gasteiger partial charge in [0, 0.05) is 6.54 Å². The SMILES string of the molecule is COC(=O)c1cnn2c1C(=O)NCC2. The van der Waals surface area contributed by atoms with E-state index in [0.717, 1.165) is 0 Å². The van der Waals surface area contributed by atoms with E-state index in [0.29, 0.717) is 13.1 Å². The second kappa shape index (κ2) is 3.13. The molecule has 0 atom stereocenters. The quantitative estimate of drug-likeness (QED) is 0.608. The second-order valence-corrected chi connectivity index (χ2v) is 2.88. The van der Waals surface area contributed by atoms with Crippen molar-refractivity contribution in [2.24, 2.45) is 0 Å². The highest BCUT2D eigenvalue weighted by molar-refractivity contribution is 6.04. The molecule has 0 fully saturated rings. The van der Waals surface area contributed by atoms with E-state index < -0.39 is 5.97 Å². The Kier molecular flexibility index (Phi) is 1.95. The summed E-state index contributed by atoms with van der Waals surface area (Å²) in [7, 11) is 1.27. The third-order valence-electron chi connectivity index (χ3n) is 2.07. The van der Waals surface area contributed by atoms with Crippen LogP contribution >= 0.6 is 0 Å². The number of fused-ring (bicyclic) bond motifs is 1. The average Bonchev–Trinajstić information content (AvgIpc) is 2.62.